The third-order valence-electron chi connectivity index (χ3n) is 9.19. The van der Waals surface area contributed by atoms with Gasteiger partial charge in [0.05, 0.1) is 24.7 Å². The molecule has 1 aromatic heterocycles. The lowest BCUT2D eigenvalue weighted by Crippen LogP contribution is -2.51. The number of nitrogens with zero attached hydrogens (tertiary/aromatic N) is 6. The van der Waals surface area contributed by atoms with Crippen molar-refractivity contribution in [2.45, 2.75) is 62.8 Å². The summed E-state index contributed by atoms with van der Waals surface area (Å²) in [6.45, 7) is 5.28. The third-order valence-corrected chi connectivity index (χ3v) is 9.19. The number of hydrogen-bond donors (Lipinski definition) is 1. The zero-order valence-corrected chi connectivity index (χ0v) is 22.8. The summed E-state index contributed by atoms with van der Waals surface area (Å²) in [5.41, 5.74) is 3.40. The van der Waals surface area contributed by atoms with Gasteiger partial charge in [-0.2, -0.15) is 15.2 Å². The van der Waals surface area contributed by atoms with E-state index in [1.165, 1.54) is 34.9 Å². The zero-order chi connectivity index (χ0) is 26.4. The van der Waals surface area contributed by atoms with Gasteiger partial charge >= 0.3 is 6.01 Å². The Bertz CT molecular complexity index is 1410. The first kappa shape index (κ1) is 24.6. The predicted molar refractivity (Wildman–Crippen MR) is 153 cm³/mol. The lowest BCUT2D eigenvalue weighted by molar-refractivity contribution is 0.0759. The molecule has 3 fully saturated rings. The second kappa shape index (κ2) is 9.96. The van der Waals surface area contributed by atoms with Crippen molar-refractivity contribution >= 4 is 22.3 Å². The van der Waals surface area contributed by atoms with E-state index in [0.717, 1.165) is 70.0 Å². The van der Waals surface area contributed by atoms with E-state index in [0.29, 0.717) is 18.5 Å². The van der Waals surface area contributed by atoms with Gasteiger partial charge in [0, 0.05) is 54.9 Å². The number of fused-ring (bicyclic) bond motifs is 2. The number of anilines is 2. The lowest BCUT2D eigenvalue weighted by Gasteiger charge is -2.38. The van der Waals surface area contributed by atoms with Crippen LogP contribution in [0.2, 0.25) is 0 Å². The quantitative estimate of drug-likeness (QED) is 0.521. The first-order chi connectivity index (χ1) is 19.1. The Kier molecular flexibility index (Phi) is 6.29. The van der Waals surface area contributed by atoms with Crippen molar-refractivity contribution < 1.29 is 4.74 Å². The molecule has 2 saturated heterocycles. The number of nitriles is 1. The maximum Gasteiger partial charge on any atom is 0.319 e. The number of nitrogens with one attached hydrogen (secondary N) is 1. The molecule has 1 saturated carbocycles. The standard InChI is InChI=1S/C31H37N7O/c1-36-17-5-10-28(36)31(13-14-31)39-30-34-26-21-37(27-9-4-7-22-6-2-3-8-24(22)27)18-12-25(26)29(35-30)38-19-16-33-23(20-38)11-15-32/h2-4,6-9,23,28,33H,5,10-14,16-21H2,1H3/t23-,28+/m0/s1. The van der Waals surface area contributed by atoms with Gasteiger partial charge in [0.25, 0.3) is 0 Å². The third kappa shape index (κ3) is 4.58. The van der Waals surface area contributed by atoms with E-state index in [2.05, 4.69) is 75.6 Å². The summed E-state index contributed by atoms with van der Waals surface area (Å²) < 4.78 is 6.77. The normalized spacial score (nSPS) is 24.4. The molecule has 0 unspecified atom stereocenters. The largest absolute Gasteiger partial charge is 0.455 e. The molecule has 0 amide bonds. The molecule has 4 aliphatic rings. The second-order valence-electron chi connectivity index (χ2n) is 11.7. The van der Waals surface area contributed by atoms with Crippen molar-refractivity contribution in [3.63, 3.8) is 0 Å². The highest BCUT2D eigenvalue weighted by Crippen LogP contribution is 2.48. The van der Waals surface area contributed by atoms with Crippen LogP contribution in [0.15, 0.2) is 42.5 Å². The zero-order valence-electron chi connectivity index (χ0n) is 22.8. The van der Waals surface area contributed by atoms with Crippen LogP contribution in [0.5, 0.6) is 6.01 Å². The molecule has 8 nitrogen and oxygen atoms in total. The minimum Gasteiger partial charge on any atom is -0.455 e. The maximum absolute atomic E-state index is 9.32. The number of ether oxygens (including phenoxy) is 1. The summed E-state index contributed by atoms with van der Waals surface area (Å²) in [7, 11) is 2.22. The van der Waals surface area contributed by atoms with Gasteiger partial charge in [0.1, 0.15) is 11.4 Å². The summed E-state index contributed by atoms with van der Waals surface area (Å²) >= 11 is 0. The first-order valence-corrected chi connectivity index (χ1v) is 14.5. The van der Waals surface area contributed by atoms with Crippen LogP contribution in [0, 0.1) is 11.3 Å². The minimum absolute atomic E-state index is 0.149. The van der Waals surface area contributed by atoms with Crippen LogP contribution < -0.4 is 19.9 Å². The average Bonchev–Trinajstić information content (AvgIpc) is 3.60. The fourth-order valence-electron chi connectivity index (χ4n) is 7.03. The Hall–Kier alpha value is -3.41. The molecule has 8 heteroatoms. The Balaban J connectivity index is 1.25. The molecule has 1 aliphatic carbocycles. The molecule has 3 aromatic rings. The molecule has 3 aliphatic heterocycles. The first-order valence-electron chi connectivity index (χ1n) is 14.5. The van der Waals surface area contributed by atoms with E-state index in [4.69, 9.17) is 14.7 Å². The molecule has 4 heterocycles. The molecule has 0 bridgehead atoms. The van der Waals surface area contributed by atoms with Crippen LogP contribution in [-0.4, -0.2) is 72.3 Å². The Morgan fingerprint density at radius 3 is 2.77 bits per heavy atom. The van der Waals surface area contributed by atoms with Crippen molar-refractivity contribution in [1.29, 1.82) is 5.26 Å². The predicted octanol–water partition coefficient (Wildman–Crippen LogP) is 3.89. The van der Waals surface area contributed by atoms with Crippen LogP contribution in [0.3, 0.4) is 0 Å². The summed E-state index contributed by atoms with van der Waals surface area (Å²) in [4.78, 5) is 17.5. The topological polar surface area (TPSA) is 80.5 Å². The van der Waals surface area contributed by atoms with Crippen molar-refractivity contribution in [2.24, 2.45) is 0 Å². The summed E-state index contributed by atoms with van der Waals surface area (Å²) in [6, 6.07) is 18.6. The average molecular weight is 524 g/mol. The minimum atomic E-state index is -0.159. The molecule has 0 spiro atoms. The molecule has 0 radical (unpaired) electrons. The van der Waals surface area contributed by atoms with Gasteiger partial charge in [-0.05, 0) is 57.1 Å². The van der Waals surface area contributed by atoms with E-state index < -0.39 is 0 Å². The summed E-state index contributed by atoms with van der Waals surface area (Å²) in [5, 5.41) is 15.4. The van der Waals surface area contributed by atoms with Crippen LogP contribution in [0.1, 0.15) is 43.4 Å². The van der Waals surface area contributed by atoms with Crippen molar-refractivity contribution in [1.82, 2.24) is 20.2 Å². The fraction of sp³-hybridized carbons (Fsp3) is 0.516. The molecule has 1 N–H and O–H groups in total. The highest BCUT2D eigenvalue weighted by molar-refractivity contribution is 5.94. The van der Waals surface area contributed by atoms with Crippen molar-refractivity contribution in [3.8, 4) is 12.1 Å². The van der Waals surface area contributed by atoms with E-state index in [9.17, 15) is 5.26 Å². The van der Waals surface area contributed by atoms with E-state index in [1.54, 1.807) is 0 Å². The number of likely N-dealkylation sites (tertiary alicyclic amines) is 1. The van der Waals surface area contributed by atoms with Gasteiger partial charge in [0.2, 0.25) is 0 Å². The smallest absolute Gasteiger partial charge is 0.319 e. The SMILES string of the molecule is CN1CCC[C@@H]1C1(Oc2nc3c(c(N4CCN[C@@H](CC#N)C4)n2)CCN(c2cccc4ccccc24)C3)CC1. The van der Waals surface area contributed by atoms with Crippen LogP contribution >= 0.6 is 0 Å². The monoisotopic (exact) mass is 523 g/mol. The van der Waals surface area contributed by atoms with E-state index >= 15 is 0 Å². The number of likely N-dealkylation sites (N-methyl/N-ethyl adjacent to an activating group) is 1. The molecule has 2 aromatic carbocycles. The molecule has 202 valence electrons. The Morgan fingerprint density at radius 1 is 1.08 bits per heavy atom. The molecular formula is C31H37N7O. The van der Waals surface area contributed by atoms with Crippen LogP contribution in [0.4, 0.5) is 11.5 Å². The molecule has 39 heavy (non-hydrogen) atoms. The Morgan fingerprint density at radius 2 is 1.95 bits per heavy atom. The number of rotatable bonds is 6. The summed E-state index contributed by atoms with van der Waals surface area (Å²) in [5.74, 6) is 1.01. The highest BCUT2D eigenvalue weighted by atomic mass is 16.5. The lowest BCUT2D eigenvalue weighted by atomic mass is 10.0. The van der Waals surface area contributed by atoms with Gasteiger partial charge in [-0.25, -0.2) is 0 Å². The summed E-state index contributed by atoms with van der Waals surface area (Å²) in [6.07, 6.45) is 5.92. The van der Waals surface area contributed by atoms with Crippen LogP contribution in [-0.2, 0) is 13.0 Å². The second-order valence-corrected chi connectivity index (χ2v) is 11.7. The van der Waals surface area contributed by atoms with Crippen molar-refractivity contribution in [3.05, 3.63) is 53.7 Å². The van der Waals surface area contributed by atoms with Crippen LogP contribution in [0.25, 0.3) is 10.8 Å². The van der Waals surface area contributed by atoms with Gasteiger partial charge in [-0.15, -0.1) is 0 Å². The number of benzene rings is 2. The van der Waals surface area contributed by atoms with Crippen molar-refractivity contribution in [2.75, 3.05) is 49.6 Å². The highest BCUT2D eigenvalue weighted by Gasteiger charge is 2.55. The van der Waals surface area contributed by atoms with Gasteiger partial charge in [0.15, 0.2) is 0 Å². The molecule has 2 atom stereocenters. The van der Waals surface area contributed by atoms with Gasteiger partial charge < -0.3 is 19.9 Å². The molecule has 7 rings (SSSR count). The molecular weight excluding hydrogens is 486 g/mol. The maximum atomic E-state index is 9.32. The van der Waals surface area contributed by atoms with E-state index in [1.807, 2.05) is 0 Å². The van der Waals surface area contributed by atoms with Gasteiger partial charge in [-0.1, -0.05) is 36.4 Å². The van der Waals surface area contributed by atoms with E-state index in [-0.39, 0.29) is 11.6 Å². The van der Waals surface area contributed by atoms with Gasteiger partial charge in [-0.3, -0.25) is 4.90 Å². The number of piperazine rings is 1. The Labute approximate surface area is 230 Å². The fourth-order valence-corrected chi connectivity index (χ4v) is 7.03. The number of aromatic nitrogens is 2. The number of hydrogen-bond acceptors (Lipinski definition) is 8.